The van der Waals surface area contributed by atoms with Gasteiger partial charge in [0.25, 0.3) is 0 Å². The van der Waals surface area contributed by atoms with Crippen LogP contribution >= 0.6 is 23.2 Å². The normalized spacial score (nSPS) is 13.2. The van der Waals surface area contributed by atoms with Crippen molar-refractivity contribution >= 4 is 31.5 Å². The van der Waals surface area contributed by atoms with Crippen molar-refractivity contribution in [1.82, 2.24) is 0 Å². The van der Waals surface area contributed by atoms with E-state index in [4.69, 9.17) is 27.6 Å². The molecule has 0 saturated heterocycles. The molecule has 7 heteroatoms. The average molecular weight is 364 g/mol. The van der Waals surface area contributed by atoms with Crippen LogP contribution in [0, 0.1) is 17.0 Å². The molecule has 1 atom stereocenters. The molecule has 0 aliphatic heterocycles. The Morgan fingerprint density at radius 2 is 1.64 bits per heavy atom. The van der Waals surface area contributed by atoms with Gasteiger partial charge in [0.2, 0.25) is 6.54 Å². The molecule has 1 rings (SSSR count). The fraction of sp³-hybridized carbons (Fsp3) is 0.600. The van der Waals surface area contributed by atoms with E-state index in [0.717, 1.165) is 23.7 Å². The maximum absolute atomic E-state index is 11.1. The highest BCUT2D eigenvalue weighted by Crippen LogP contribution is 2.37. The Bertz CT molecular complexity index is 504. The number of nitrogens with zero attached hydrogens (tertiary/aromatic N) is 1. The predicted octanol–water partition coefficient (Wildman–Crippen LogP) is 5.64. The third-order valence-corrected chi connectivity index (χ3v) is 9.46. The number of aryl methyl sites for hydroxylation is 1. The van der Waals surface area contributed by atoms with Crippen LogP contribution < -0.4 is 0 Å². The molecule has 1 aromatic rings. The van der Waals surface area contributed by atoms with E-state index in [2.05, 4.69) is 20.8 Å². The van der Waals surface area contributed by atoms with Crippen LogP contribution in [0.1, 0.15) is 38.0 Å². The number of benzene rings is 1. The molecule has 4 nitrogen and oxygen atoms in total. The van der Waals surface area contributed by atoms with E-state index in [9.17, 15) is 10.1 Å². The summed E-state index contributed by atoms with van der Waals surface area (Å²) in [6.45, 7) is 7.81. The third kappa shape index (κ3) is 4.68. The monoisotopic (exact) mass is 363 g/mol. The van der Waals surface area contributed by atoms with Crippen molar-refractivity contribution in [2.45, 2.75) is 51.9 Å². The molecule has 124 valence electrons. The van der Waals surface area contributed by atoms with Gasteiger partial charge in [-0.05, 0) is 42.8 Å². The summed E-state index contributed by atoms with van der Waals surface area (Å²) < 4.78 is 6.31. The van der Waals surface area contributed by atoms with Crippen LogP contribution in [0.15, 0.2) is 12.1 Å². The minimum atomic E-state index is -2.01. The van der Waals surface area contributed by atoms with Crippen molar-refractivity contribution in [1.29, 1.82) is 0 Å². The molecule has 0 amide bonds. The second-order valence-electron chi connectivity index (χ2n) is 5.51. The van der Waals surface area contributed by atoms with Gasteiger partial charge in [0.15, 0.2) is 8.32 Å². The van der Waals surface area contributed by atoms with Crippen LogP contribution in [0.5, 0.6) is 0 Å². The largest absolute Gasteiger partial charge is 0.404 e. The van der Waals surface area contributed by atoms with Crippen molar-refractivity contribution in [3.8, 4) is 0 Å². The highest BCUT2D eigenvalue weighted by Gasteiger charge is 2.36. The van der Waals surface area contributed by atoms with Gasteiger partial charge in [-0.3, -0.25) is 10.1 Å². The molecule has 0 aliphatic carbocycles. The molecule has 0 aromatic heterocycles. The Hall–Kier alpha value is -0.623. The average Bonchev–Trinajstić information content (AvgIpc) is 2.43. The minimum absolute atomic E-state index is 0.322. The number of nitro groups is 1. The second-order valence-corrected chi connectivity index (χ2v) is 11.0. The van der Waals surface area contributed by atoms with Crippen LogP contribution in [0.3, 0.4) is 0 Å². The summed E-state index contributed by atoms with van der Waals surface area (Å²) in [7, 11) is -2.01. The van der Waals surface area contributed by atoms with Crippen LogP contribution in [-0.2, 0) is 4.43 Å². The van der Waals surface area contributed by atoms with Gasteiger partial charge in [0, 0.05) is 20.5 Å². The molecular formula is C15H23Cl2NO3Si. The quantitative estimate of drug-likeness (QED) is 0.341. The highest BCUT2D eigenvalue weighted by atomic mass is 35.5. The van der Waals surface area contributed by atoms with Gasteiger partial charge in [-0.25, -0.2) is 0 Å². The molecular weight excluding hydrogens is 341 g/mol. The topological polar surface area (TPSA) is 52.4 Å². The van der Waals surface area contributed by atoms with Gasteiger partial charge in [-0.15, -0.1) is 0 Å². The molecule has 1 unspecified atom stereocenters. The lowest BCUT2D eigenvalue weighted by molar-refractivity contribution is -0.490. The van der Waals surface area contributed by atoms with E-state index < -0.39 is 14.4 Å². The van der Waals surface area contributed by atoms with Crippen molar-refractivity contribution in [2.24, 2.45) is 0 Å². The molecule has 0 fully saturated rings. The maximum atomic E-state index is 11.1. The zero-order chi connectivity index (χ0) is 16.9. The lowest BCUT2D eigenvalue weighted by Crippen LogP contribution is -2.39. The standard InChI is InChI=1S/C15H23Cl2NO3Si/c1-5-22(6-2,7-3)21-14(10-18(19)20)15-12(16)8-11(4)9-13(15)17/h8-9,14H,5-7,10H2,1-4H3. The molecule has 0 bridgehead atoms. The van der Waals surface area contributed by atoms with E-state index in [1.54, 1.807) is 12.1 Å². The number of halogens is 2. The lowest BCUT2D eigenvalue weighted by atomic mass is 10.1. The molecule has 0 spiro atoms. The Labute approximate surface area is 143 Å². The Balaban J connectivity index is 3.27. The van der Waals surface area contributed by atoms with Gasteiger partial charge in [-0.2, -0.15) is 0 Å². The Morgan fingerprint density at radius 1 is 1.18 bits per heavy atom. The molecule has 0 radical (unpaired) electrons. The Kier molecular flexibility index (Phi) is 7.32. The summed E-state index contributed by atoms with van der Waals surface area (Å²) in [5, 5.41) is 11.9. The van der Waals surface area contributed by atoms with E-state index in [1.807, 2.05) is 6.92 Å². The first kappa shape index (κ1) is 19.4. The first-order valence-corrected chi connectivity index (χ1v) is 10.8. The molecule has 0 heterocycles. The Morgan fingerprint density at radius 3 is 2.00 bits per heavy atom. The van der Waals surface area contributed by atoms with Crippen molar-refractivity contribution in [3.63, 3.8) is 0 Å². The smallest absolute Gasteiger partial charge is 0.232 e. The van der Waals surface area contributed by atoms with Crippen LogP contribution in [0.4, 0.5) is 0 Å². The van der Waals surface area contributed by atoms with Crippen LogP contribution in [-0.4, -0.2) is 19.8 Å². The zero-order valence-electron chi connectivity index (χ0n) is 13.5. The van der Waals surface area contributed by atoms with Gasteiger partial charge in [0.05, 0.1) is 0 Å². The van der Waals surface area contributed by atoms with E-state index in [0.29, 0.717) is 15.6 Å². The van der Waals surface area contributed by atoms with Gasteiger partial charge in [0.1, 0.15) is 6.10 Å². The summed E-state index contributed by atoms with van der Waals surface area (Å²) in [5.74, 6) is 0. The summed E-state index contributed by atoms with van der Waals surface area (Å²) in [6, 6.07) is 6.28. The number of rotatable bonds is 8. The molecule has 1 aromatic carbocycles. The first-order valence-electron chi connectivity index (χ1n) is 7.53. The van der Waals surface area contributed by atoms with Crippen molar-refractivity contribution < 1.29 is 9.35 Å². The number of hydrogen-bond acceptors (Lipinski definition) is 3. The predicted molar refractivity (Wildman–Crippen MR) is 94.1 cm³/mol. The highest BCUT2D eigenvalue weighted by molar-refractivity contribution is 6.73. The van der Waals surface area contributed by atoms with Crippen molar-refractivity contribution in [2.75, 3.05) is 6.54 Å². The van der Waals surface area contributed by atoms with E-state index >= 15 is 0 Å². The van der Waals surface area contributed by atoms with Crippen LogP contribution in [0.2, 0.25) is 28.2 Å². The minimum Gasteiger partial charge on any atom is -0.404 e. The third-order valence-electron chi connectivity index (χ3n) is 4.19. The SMILES string of the molecule is CC[Si](CC)(CC)OC(C[N+](=O)[O-])c1c(Cl)cc(C)cc1Cl. The molecule has 0 aliphatic rings. The van der Waals surface area contributed by atoms with E-state index in [-0.39, 0.29) is 11.5 Å². The number of hydrogen-bond donors (Lipinski definition) is 0. The van der Waals surface area contributed by atoms with Crippen molar-refractivity contribution in [3.05, 3.63) is 43.4 Å². The molecule has 22 heavy (non-hydrogen) atoms. The second kappa shape index (κ2) is 8.29. The lowest BCUT2D eigenvalue weighted by Gasteiger charge is -2.32. The van der Waals surface area contributed by atoms with Gasteiger partial charge < -0.3 is 4.43 Å². The van der Waals surface area contributed by atoms with Gasteiger partial charge in [-0.1, -0.05) is 44.0 Å². The van der Waals surface area contributed by atoms with E-state index in [1.165, 1.54) is 0 Å². The fourth-order valence-corrected chi connectivity index (χ4v) is 6.28. The first-order chi connectivity index (χ1) is 10.3. The summed E-state index contributed by atoms with van der Waals surface area (Å²) in [4.78, 5) is 10.7. The molecule has 0 N–H and O–H groups in total. The summed E-state index contributed by atoms with van der Waals surface area (Å²) in [6.07, 6.45) is -0.692. The van der Waals surface area contributed by atoms with Gasteiger partial charge >= 0.3 is 0 Å². The summed E-state index contributed by atoms with van der Waals surface area (Å²) >= 11 is 12.6. The summed E-state index contributed by atoms with van der Waals surface area (Å²) in [5.41, 5.74) is 1.46. The zero-order valence-corrected chi connectivity index (χ0v) is 16.0. The van der Waals surface area contributed by atoms with Crippen LogP contribution in [0.25, 0.3) is 0 Å². The fourth-order valence-electron chi connectivity index (χ4n) is 2.64. The molecule has 0 saturated carbocycles. The maximum Gasteiger partial charge on any atom is 0.232 e.